The summed E-state index contributed by atoms with van der Waals surface area (Å²) < 4.78 is 26.4. The van der Waals surface area contributed by atoms with Crippen molar-refractivity contribution in [1.29, 1.82) is 0 Å². The highest BCUT2D eigenvalue weighted by atomic mass is 32.2. The largest absolute Gasteiger partial charge is 0.389 e. The van der Waals surface area contributed by atoms with E-state index in [0.29, 0.717) is 5.82 Å². The molecule has 0 amide bonds. The van der Waals surface area contributed by atoms with Crippen LogP contribution in [-0.4, -0.2) is 48.6 Å². The highest BCUT2D eigenvalue weighted by molar-refractivity contribution is 7.89. The summed E-state index contributed by atoms with van der Waals surface area (Å²) in [6.07, 6.45) is 1.52. The van der Waals surface area contributed by atoms with E-state index in [0.717, 1.165) is 0 Å². The maximum atomic E-state index is 12.6. The minimum atomic E-state index is -3.68. The number of rotatable bonds is 6. The van der Waals surface area contributed by atoms with E-state index in [1.54, 1.807) is 33.9 Å². The zero-order valence-electron chi connectivity index (χ0n) is 11.7. The summed E-state index contributed by atoms with van der Waals surface area (Å²) in [6, 6.07) is 3.08. The first-order valence-electron chi connectivity index (χ1n) is 6.07. The van der Waals surface area contributed by atoms with E-state index in [1.807, 2.05) is 0 Å². The molecule has 0 saturated carbocycles. The SMILES string of the molecule is CCN(CC(C)(C)O)S(=O)(=O)c1cccnc1NC. The first-order chi connectivity index (χ1) is 8.72. The van der Waals surface area contributed by atoms with E-state index < -0.39 is 15.6 Å². The van der Waals surface area contributed by atoms with Gasteiger partial charge < -0.3 is 10.4 Å². The number of nitrogens with zero attached hydrogens (tertiary/aromatic N) is 2. The lowest BCUT2D eigenvalue weighted by Gasteiger charge is -2.27. The minimum absolute atomic E-state index is 0.0316. The van der Waals surface area contributed by atoms with Gasteiger partial charge in [0.05, 0.1) is 5.60 Å². The Balaban J connectivity index is 3.21. The van der Waals surface area contributed by atoms with Crippen LogP contribution in [-0.2, 0) is 10.0 Å². The van der Waals surface area contributed by atoms with Crippen LogP contribution in [0.2, 0.25) is 0 Å². The molecule has 1 heterocycles. The lowest BCUT2D eigenvalue weighted by atomic mass is 10.1. The van der Waals surface area contributed by atoms with E-state index in [1.165, 1.54) is 16.6 Å². The Morgan fingerprint density at radius 3 is 2.58 bits per heavy atom. The first kappa shape index (κ1) is 15.9. The van der Waals surface area contributed by atoms with Crippen molar-refractivity contribution >= 4 is 15.8 Å². The van der Waals surface area contributed by atoms with Gasteiger partial charge in [-0.1, -0.05) is 6.92 Å². The topological polar surface area (TPSA) is 82.5 Å². The lowest BCUT2D eigenvalue weighted by Crippen LogP contribution is -2.42. The molecule has 0 bridgehead atoms. The monoisotopic (exact) mass is 287 g/mol. The van der Waals surface area contributed by atoms with Gasteiger partial charge in [0.1, 0.15) is 10.7 Å². The first-order valence-corrected chi connectivity index (χ1v) is 7.51. The second-order valence-corrected chi connectivity index (χ2v) is 6.75. The van der Waals surface area contributed by atoms with Crippen molar-refractivity contribution in [2.24, 2.45) is 0 Å². The fourth-order valence-corrected chi connectivity index (χ4v) is 3.48. The van der Waals surface area contributed by atoms with Crippen molar-refractivity contribution in [3.63, 3.8) is 0 Å². The zero-order chi connectivity index (χ0) is 14.7. The molecule has 6 nitrogen and oxygen atoms in total. The Morgan fingerprint density at radius 1 is 1.47 bits per heavy atom. The molecule has 2 N–H and O–H groups in total. The maximum absolute atomic E-state index is 12.6. The number of hydrogen-bond donors (Lipinski definition) is 2. The van der Waals surface area contributed by atoms with Crippen molar-refractivity contribution < 1.29 is 13.5 Å². The van der Waals surface area contributed by atoms with E-state index in [4.69, 9.17) is 0 Å². The van der Waals surface area contributed by atoms with Gasteiger partial charge in [0.25, 0.3) is 0 Å². The second-order valence-electron chi connectivity index (χ2n) is 4.84. The molecule has 7 heteroatoms. The van der Waals surface area contributed by atoms with Gasteiger partial charge in [0.15, 0.2) is 0 Å². The van der Waals surface area contributed by atoms with Crippen LogP contribution in [0.15, 0.2) is 23.2 Å². The van der Waals surface area contributed by atoms with E-state index in [2.05, 4.69) is 10.3 Å². The third kappa shape index (κ3) is 3.89. The molecule has 1 aromatic heterocycles. The summed E-state index contributed by atoms with van der Waals surface area (Å²) in [5, 5.41) is 12.6. The zero-order valence-corrected chi connectivity index (χ0v) is 12.5. The molecular formula is C12H21N3O3S. The summed E-state index contributed by atoms with van der Waals surface area (Å²) >= 11 is 0. The highest BCUT2D eigenvalue weighted by Crippen LogP contribution is 2.23. The smallest absolute Gasteiger partial charge is 0.246 e. The number of hydrogen-bond acceptors (Lipinski definition) is 5. The van der Waals surface area contributed by atoms with Crippen LogP contribution in [0.4, 0.5) is 5.82 Å². The summed E-state index contributed by atoms with van der Waals surface area (Å²) in [4.78, 5) is 4.11. The molecule has 0 unspecified atom stereocenters. The second kappa shape index (κ2) is 5.85. The van der Waals surface area contributed by atoms with Gasteiger partial charge in [-0.05, 0) is 26.0 Å². The van der Waals surface area contributed by atoms with Gasteiger partial charge in [-0.3, -0.25) is 0 Å². The van der Waals surface area contributed by atoms with Gasteiger partial charge >= 0.3 is 0 Å². The number of anilines is 1. The van der Waals surface area contributed by atoms with Crippen LogP contribution in [0.25, 0.3) is 0 Å². The average Bonchev–Trinajstić information content (AvgIpc) is 2.34. The quantitative estimate of drug-likeness (QED) is 0.812. The molecule has 19 heavy (non-hydrogen) atoms. The van der Waals surface area contributed by atoms with Gasteiger partial charge in [-0.2, -0.15) is 4.31 Å². The lowest BCUT2D eigenvalue weighted by molar-refractivity contribution is 0.0601. The third-order valence-electron chi connectivity index (χ3n) is 2.54. The number of pyridine rings is 1. The molecule has 0 radical (unpaired) electrons. The van der Waals surface area contributed by atoms with Crippen LogP contribution >= 0.6 is 0 Å². The molecule has 0 fully saturated rings. The van der Waals surface area contributed by atoms with Gasteiger partial charge in [-0.15, -0.1) is 0 Å². The van der Waals surface area contributed by atoms with Gasteiger partial charge in [0, 0.05) is 26.3 Å². The summed E-state index contributed by atoms with van der Waals surface area (Å²) in [6.45, 7) is 5.20. The van der Waals surface area contributed by atoms with Crippen LogP contribution in [0.1, 0.15) is 20.8 Å². The molecular weight excluding hydrogens is 266 g/mol. The Hall–Kier alpha value is -1.18. The molecule has 0 atom stereocenters. The molecule has 1 rings (SSSR count). The van der Waals surface area contributed by atoms with E-state index >= 15 is 0 Å². The van der Waals surface area contributed by atoms with Crippen molar-refractivity contribution in [1.82, 2.24) is 9.29 Å². The van der Waals surface area contributed by atoms with Crippen LogP contribution in [0.3, 0.4) is 0 Å². The number of sulfonamides is 1. The number of aromatic nitrogens is 1. The molecule has 0 spiro atoms. The Bertz CT molecular complexity index is 523. The van der Waals surface area contributed by atoms with E-state index in [-0.39, 0.29) is 18.0 Å². The number of aliphatic hydroxyl groups is 1. The fourth-order valence-electron chi connectivity index (χ4n) is 1.72. The molecule has 0 saturated heterocycles. The number of likely N-dealkylation sites (N-methyl/N-ethyl adjacent to an activating group) is 1. The molecule has 1 aromatic rings. The normalized spacial score (nSPS) is 12.7. The molecule has 0 aliphatic carbocycles. The van der Waals surface area contributed by atoms with Crippen LogP contribution in [0.5, 0.6) is 0 Å². The van der Waals surface area contributed by atoms with Gasteiger partial charge in [-0.25, -0.2) is 13.4 Å². The Morgan fingerprint density at radius 2 is 2.11 bits per heavy atom. The van der Waals surface area contributed by atoms with Crippen molar-refractivity contribution in [2.75, 3.05) is 25.5 Å². The number of nitrogens with one attached hydrogen (secondary N) is 1. The van der Waals surface area contributed by atoms with Crippen molar-refractivity contribution in [2.45, 2.75) is 31.3 Å². The molecule has 0 aliphatic heterocycles. The minimum Gasteiger partial charge on any atom is -0.389 e. The highest BCUT2D eigenvalue weighted by Gasteiger charge is 2.30. The van der Waals surface area contributed by atoms with Crippen molar-refractivity contribution in [3.8, 4) is 0 Å². The van der Waals surface area contributed by atoms with Crippen LogP contribution in [0, 0.1) is 0 Å². The summed E-state index contributed by atoms with van der Waals surface area (Å²) in [7, 11) is -2.06. The standard InChI is InChI=1S/C12H21N3O3S/c1-5-15(9-12(2,3)16)19(17,18)10-7-6-8-14-11(10)13-4/h6-8,16H,5,9H2,1-4H3,(H,13,14). The Kier molecular flexibility index (Phi) is 4.89. The van der Waals surface area contributed by atoms with Gasteiger partial charge in [0.2, 0.25) is 10.0 Å². The predicted octanol–water partition coefficient (Wildman–Crippen LogP) is 0.905. The molecule has 0 aromatic carbocycles. The van der Waals surface area contributed by atoms with E-state index in [9.17, 15) is 13.5 Å². The van der Waals surface area contributed by atoms with Crippen LogP contribution < -0.4 is 5.32 Å². The fraction of sp³-hybridized carbons (Fsp3) is 0.583. The molecule has 0 aliphatic rings. The summed E-state index contributed by atoms with van der Waals surface area (Å²) in [5.74, 6) is 0.302. The predicted molar refractivity (Wildman–Crippen MR) is 74.5 cm³/mol. The third-order valence-corrected chi connectivity index (χ3v) is 4.49. The average molecular weight is 287 g/mol. The van der Waals surface area contributed by atoms with Crippen molar-refractivity contribution in [3.05, 3.63) is 18.3 Å². The Labute approximate surface area is 114 Å². The summed E-state index contributed by atoms with van der Waals surface area (Å²) in [5.41, 5.74) is -1.09. The molecule has 108 valence electrons. The maximum Gasteiger partial charge on any atom is 0.246 e.